The van der Waals surface area contributed by atoms with Gasteiger partial charge >= 0.3 is 5.97 Å². The van der Waals surface area contributed by atoms with Crippen molar-refractivity contribution >= 4 is 22.4 Å². The summed E-state index contributed by atoms with van der Waals surface area (Å²) >= 11 is 0. The number of carbonyl (C=O) groups is 1. The van der Waals surface area contributed by atoms with E-state index in [1.54, 1.807) is 12.1 Å². The monoisotopic (exact) mass is 418 g/mol. The first-order chi connectivity index (χ1) is 15.0. The molecule has 0 unspecified atom stereocenters. The highest BCUT2D eigenvalue weighted by Crippen LogP contribution is 2.50. The number of rotatable bonds is 6. The van der Waals surface area contributed by atoms with Gasteiger partial charge < -0.3 is 15.3 Å². The van der Waals surface area contributed by atoms with E-state index in [1.807, 2.05) is 0 Å². The largest absolute Gasteiger partial charge is 0.481 e. The molecule has 1 heterocycles. The van der Waals surface area contributed by atoms with Crippen molar-refractivity contribution in [3.05, 3.63) is 77.6 Å². The SMILES string of the molecule is C[C@@H](N[C@H]1CCN(c2ccc(F)c(C3(C(=O)O)CC3)c2)C1)c1cccc2ccccc12. The van der Waals surface area contributed by atoms with Crippen LogP contribution in [0.25, 0.3) is 10.8 Å². The fourth-order valence-corrected chi connectivity index (χ4v) is 5.00. The van der Waals surface area contributed by atoms with Crippen LogP contribution in [-0.2, 0) is 10.2 Å². The molecular formula is C26H27FN2O2. The smallest absolute Gasteiger partial charge is 0.314 e. The molecule has 0 radical (unpaired) electrons. The molecule has 5 rings (SSSR count). The number of hydrogen-bond acceptors (Lipinski definition) is 3. The van der Waals surface area contributed by atoms with Gasteiger partial charge in [-0.1, -0.05) is 42.5 Å². The van der Waals surface area contributed by atoms with Crippen LogP contribution < -0.4 is 10.2 Å². The van der Waals surface area contributed by atoms with Gasteiger partial charge in [-0.3, -0.25) is 4.79 Å². The number of fused-ring (bicyclic) bond motifs is 1. The molecule has 3 aromatic rings. The van der Waals surface area contributed by atoms with Gasteiger partial charge in [0, 0.05) is 36.4 Å². The maximum absolute atomic E-state index is 14.4. The van der Waals surface area contributed by atoms with E-state index in [0.29, 0.717) is 24.4 Å². The Balaban J connectivity index is 1.31. The molecule has 1 aliphatic heterocycles. The van der Waals surface area contributed by atoms with Crippen molar-refractivity contribution in [1.82, 2.24) is 5.32 Å². The Morgan fingerprint density at radius 3 is 2.71 bits per heavy atom. The van der Waals surface area contributed by atoms with Gasteiger partial charge in [-0.05, 0) is 60.7 Å². The number of hydrogen-bond donors (Lipinski definition) is 2. The number of nitrogens with one attached hydrogen (secondary N) is 1. The first kappa shape index (κ1) is 20.0. The maximum atomic E-state index is 14.4. The number of carboxylic acid groups (broad SMARTS) is 1. The van der Waals surface area contributed by atoms with Gasteiger partial charge in [-0.25, -0.2) is 4.39 Å². The van der Waals surface area contributed by atoms with Crippen molar-refractivity contribution < 1.29 is 14.3 Å². The third-order valence-electron chi connectivity index (χ3n) is 6.95. The van der Waals surface area contributed by atoms with E-state index in [2.05, 4.69) is 59.6 Å². The summed E-state index contributed by atoms with van der Waals surface area (Å²) < 4.78 is 14.4. The highest BCUT2D eigenvalue weighted by molar-refractivity contribution is 5.86. The van der Waals surface area contributed by atoms with Crippen molar-refractivity contribution in [2.45, 2.75) is 43.7 Å². The first-order valence-corrected chi connectivity index (χ1v) is 11.0. The number of aliphatic carboxylic acids is 1. The van der Waals surface area contributed by atoms with Gasteiger partial charge in [0.25, 0.3) is 0 Å². The molecule has 1 saturated carbocycles. The minimum absolute atomic E-state index is 0.210. The van der Waals surface area contributed by atoms with Gasteiger partial charge in [-0.15, -0.1) is 0 Å². The summed E-state index contributed by atoms with van der Waals surface area (Å²) in [7, 11) is 0. The zero-order valence-electron chi connectivity index (χ0n) is 17.6. The predicted molar refractivity (Wildman–Crippen MR) is 121 cm³/mol. The molecule has 5 heteroatoms. The van der Waals surface area contributed by atoms with E-state index >= 15 is 0 Å². The normalized spacial score (nSPS) is 20.7. The summed E-state index contributed by atoms with van der Waals surface area (Å²) in [6.07, 6.45) is 2.01. The van der Waals surface area contributed by atoms with Crippen LogP contribution in [0.4, 0.5) is 10.1 Å². The average Bonchev–Trinajstić information content (AvgIpc) is 3.46. The lowest BCUT2D eigenvalue weighted by Gasteiger charge is -2.24. The summed E-state index contributed by atoms with van der Waals surface area (Å²) in [5.74, 6) is -1.34. The van der Waals surface area contributed by atoms with Gasteiger partial charge in [-0.2, -0.15) is 0 Å². The van der Waals surface area contributed by atoms with E-state index in [-0.39, 0.29) is 6.04 Å². The van der Waals surface area contributed by atoms with Crippen LogP contribution in [0.1, 0.15) is 43.4 Å². The quantitative estimate of drug-likeness (QED) is 0.590. The van der Waals surface area contributed by atoms with Crippen molar-refractivity contribution in [2.24, 2.45) is 0 Å². The maximum Gasteiger partial charge on any atom is 0.314 e. The second-order valence-corrected chi connectivity index (χ2v) is 8.94. The summed E-state index contributed by atoms with van der Waals surface area (Å²) in [5.41, 5.74) is 1.50. The lowest BCUT2D eigenvalue weighted by molar-refractivity contribution is -0.140. The van der Waals surface area contributed by atoms with Crippen molar-refractivity contribution in [3.63, 3.8) is 0 Å². The van der Waals surface area contributed by atoms with E-state index in [0.717, 1.165) is 25.2 Å². The molecule has 4 nitrogen and oxygen atoms in total. The Bertz CT molecular complexity index is 1140. The summed E-state index contributed by atoms with van der Waals surface area (Å²) in [4.78, 5) is 13.9. The minimum Gasteiger partial charge on any atom is -0.481 e. The molecule has 160 valence electrons. The summed E-state index contributed by atoms with van der Waals surface area (Å²) in [5, 5.41) is 15.8. The molecule has 31 heavy (non-hydrogen) atoms. The van der Waals surface area contributed by atoms with Crippen LogP contribution in [0.2, 0.25) is 0 Å². The number of benzene rings is 3. The molecule has 2 aliphatic rings. The Morgan fingerprint density at radius 1 is 1.16 bits per heavy atom. The third kappa shape index (κ3) is 3.57. The molecule has 0 amide bonds. The molecule has 0 aromatic heterocycles. The van der Waals surface area contributed by atoms with Crippen molar-refractivity contribution in [1.29, 1.82) is 0 Å². The van der Waals surface area contributed by atoms with Crippen molar-refractivity contribution in [2.75, 3.05) is 18.0 Å². The highest BCUT2D eigenvalue weighted by Gasteiger charge is 2.53. The molecule has 3 aromatic carbocycles. The molecule has 2 atom stereocenters. The Labute approximate surface area is 181 Å². The average molecular weight is 419 g/mol. The number of carboxylic acids is 1. The zero-order chi connectivity index (χ0) is 21.6. The summed E-state index contributed by atoms with van der Waals surface area (Å²) in [6.45, 7) is 3.88. The van der Waals surface area contributed by atoms with Gasteiger partial charge in [0.1, 0.15) is 5.82 Å². The van der Waals surface area contributed by atoms with Crippen LogP contribution in [0.15, 0.2) is 60.7 Å². The fraction of sp³-hybridized carbons (Fsp3) is 0.346. The number of halogens is 1. The molecule has 0 spiro atoms. The van der Waals surface area contributed by atoms with Crippen LogP contribution in [0.5, 0.6) is 0 Å². The van der Waals surface area contributed by atoms with Gasteiger partial charge in [0.05, 0.1) is 5.41 Å². The van der Waals surface area contributed by atoms with Gasteiger partial charge in [0.2, 0.25) is 0 Å². The molecular weight excluding hydrogens is 391 g/mol. The van der Waals surface area contributed by atoms with Crippen LogP contribution >= 0.6 is 0 Å². The van der Waals surface area contributed by atoms with Crippen LogP contribution in [0, 0.1) is 5.82 Å². The Morgan fingerprint density at radius 2 is 1.94 bits per heavy atom. The third-order valence-corrected chi connectivity index (χ3v) is 6.95. The second-order valence-electron chi connectivity index (χ2n) is 8.94. The highest BCUT2D eigenvalue weighted by atomic mass is 19.1. The molecule has 1 aliphatic carbocycles. The minimum atomic E-state index is -1.03. The number of nitrogens with zero attached hydrogens (tertiary/aromatic N) is 1. The first-order valence-electron chi connectivity index (χ1n) is 11.0. The van der Waals surface area contributed by atoms with E-state index in [9.17, 15) is 14.3 Å². The Kier molecular flexibility index (Phi) is 4.94. The second kappa shape index (κ2) is 7.65. The van der Waals surface area contributed by atoms with E-state index < -0.39 is 17.2 Å². The lowest BCUT2D eigenvalue weighted by atomic mass is 9.95. The molecule has 2 N–H and O–H groups in total. The standard InChI is InChI=1S/C26H27FN2O2/c1-17(21-8-4-6-18-5-2-3-7-22(18)21)28-19-11-14-29(16-19)20-9-10-24(27)23(15-20)26(12-13-26)25(30)31/h2-10,15,17,19,28H,11-14,16H2,1H3,(H,30,31)/t17-,19+/m1/s1. The molecule has 1 saturated heterocycles. The van der Waals surface area contributed by atoms with Crippen molar-refractivity contribution in [3.8, 4) is 0 Å². The zero-order valence-corrected chi connectivity index (χ0v) is 17.6. The topological polar surface area (TPSA) is 52.6 Å². The lowest BCUT2D eigenvalue weighted by Crippen LogP contribution is -2.34. The van der Waals surface area contributed by atoms with E-state index in [1.165, 1.54) is 22.4 Å². The van der Waals surface area contributed by atoms with Gasteiger partial charge in [0.15, 0.2) is 0 Å². The van der Waals surface area contributed by atoms with Crippen LogP contribution in [0.3, 0.4) is 0 Å². The fourth-order valence-electron chi connectivity index (χ4n) is 5.00. The Hall–Kier alpha value is -2.92. The predicted octanol–water partition coefficient (Wildman–Crippen LogP) is 5.02. The summed E-state index contributed by atoms with van der Waals surface area (Å²) in [6, 6.07) is 20.3. The molecule has 2 fully saturated rings. The van der Waals surface area contributed by atoms with Crippen LogP contribution in [-0.4, -0.2) is 30.2 Å². The molecule has 0 bridgehead atoms. The van der Waals surface area contributed by atoms with E-state index in [4.69, 9.17) is 0 Å². The number of anilines is 1.